The van der Waals surface area contributed by atoms with Crippen molar-refractivity contribution < 1.29 is 4.74 Å². The Morgan fingerprint density at radius 1 is 1.29 bits per heavy atom. The molecule has 7 heteroatoms. The van der Waals surface area contributed by atoms with Gasteiger partial charge < -0.3 is 9.64 Å². The van der Waals surface area contributed by atoms with Gasteiger partial charge in [-0.2, -0.15) is 4.37 Å². The van der Waals surface area contributed by atoms with Gasteiger partial charge in [-0.25, -0.2) is 15.0 Å². The lowest BCUT2D eigenvalue weighted by atomic mass is 9.96. The largest absolute Gasteiger partial charge is 0.481 e. The summed E-state index contributed by atoms with van der Waals surface area (Å²) in [7, 11) is 1.64. The molecule has 0 aromatic carbocycles. The molecule has 2 aromatic heterocycles. The van der Waals surface area contributed by atoms with Crippen LogP contribution in [0.1, 0.15) is 37.9 Å². The van der Waals surface area contributed by atoms with Crippen LogP contribution in [-0.4, -0.2) is 33.0 Å². The number of hydrogen-bond acceptors (Lipinski definition) is 7. The summed E-state index contributed by atoms with van der Waals surface area (Å²) in [6.45, 7) is 7.99. The molecule has 3 heterocycles. The maximum absolute atomic E-state index is 5.35. The highest BCUT2D eigenvalue weighted by molar-refractivity contribution is 7.09. The molecule has 0 N–H and O–H groups in total. The molecule has 0 aliphatic carbocycles. The van der Waals surface area contributed by atoms with Crippen molar-refractivity contribution in [3.8, 4) is 5.88 Å². The molecule has 6 nitrogen and oxygen atoms in total. The molecule has 0 atom stereocenters. The predicted octanol–water partition coefficient (Wildman–Crippen LogP) is 2.20. The summed E-state index contributed by atoms with van der Waals surface area (Å²) >= 11 is 1.45. The highest BCUT2D eigenvalue weighted by Crippen LogP contribution is 2.30. The molecule has 0 spiro atoms. The second-order valence-electron chi connectivity index (χ2n) is 6.13. The first-order valence-electron chi connectivity index (χ1n) is 6.95. The number of rotatable bonds is 2. The predicted molar refractivity (Wildman–Crippen MR) is 81.9 cm³/mol. The summed E-state index contributed by atoms with van der Waals surface area (Å²) in [6.07, 6.45) is 2.44. The summed E-state index contributed by atoms with van der Waals surface area (Å²) in [5, 5.41) is 0.955. The van der Waals surface area contributed by atoms with Crippen LogP contribution in [0.5, 0.6) is 5.88 Å². The van der Waals surface area contributed by atoms with E-state index in [1.807, 2.05) is 0 Å². The Morgan fingerprint density at radius 3 is 2.76 bits per heavy atom. The quantitative estimate of drug-likeness (QED) is 0.847. The number of anilines is 1. The SMILES string of the molecule is COc1ncnc2c1CN(c1nc(C(C)(C)C)ns1)CC2. The lowest BCUT2D eigenvalue weighted by molar-refractivity contribution is 0.387. The molecule has 21 heavy (non-hydrogen) atoms. The van der Waals surface area contributed by atoms with Gasteiger partial charge in [0.05, 0.1) is 24.9 Å². The monoisotopic (exact) mass is 305 g/mol. The van der Waals surface area contributed by atoms with Crippen LogP contribution in [0.15, 0.2) is 6.33 Å². The second kappa shape index (κ2) is 5.22. The number of fused-ring (bicyclic) bond motifs is 1. The van der Waals surface area contributed by atoms with Crippen molar-refractivity contribution in [3.05, 3.63) is 23.4 Å². The first-order valence-corrected chi connectivity index (χ1v) is 7.72. The van der Waals surface area contributed by atoms with Gasteiger partial charge in [0.1, 0.15) is 12.2 Å². The standard InChI is InChI=1S/C14H19N5OS/c1-14(2,3)12-17-13(21-18-12)19-6-5-10-9(7-19)11(20-4)16-8-15-10/h8H,5-7H2,1-4H3. The van der Waals surface area contributed by atoms with Gasteiger partial charge in [-0.3, -0.25) is 0 Å². The van der Waals surface area contributed by atoms with Crippen molar-refractivity contribution in [2.45, 2.75) is 39.2 Å². The van der Waals surface area contributed by atoms with E-state index in [1.165, 1.54) is 11.5 Å². The van der Waals surface area contributed by atoms with E-state index in [4.69, 9.17) is 4.74 Å². The third kappa shape index (κ3) is 2.70. The number of hydrogen-bond donors (Lipinski definition) is 0. The third-order valence-corrected chi connectivity index (χ3v) is 4.29. The molecule has 0 amide bonds. The van der Waals surface area contributed by atoms with Crippen molar-refractivity contribution in [1.82, 2.24) is 19.3 Å². The van der Waals surface area contributed by atoms with Gasteiger partial charge in [0.2, 0.25) is 11.0 Å². The van der Waals surface area contributed by atoms with Gasteiger partial charge in [-0.15, -0.1) is 0 Å². The van der Waals surface area contributed by atoms with Gasteiger partial charge in [-0.1, -0.05) is 20.8 Å². The van der Waals surface area contributed by atoms with E-state index in [0.717, 1.165) is 41.7 Å². The number of aromatic nitrogens is 4. The second-order valence-corrected chi connectivity index (χ2v) is 6.86. The highest BCUT2D eigenvalue weighted by Gasteiger charge is 2.26. The molecule has 2 aromatic rings. The number of ether oxygens (including phenoxy) is 1. The Balaban J connectivity index is 1.88. The Labute approximate surface area is 128 Å². The van der Waals surface area contributed by atoms with Gasteiger partial charge in [-0.05, 0) is 0 Å². The Morgan fingerprint density at radius 2 is 2.10 bits per heavy atom. The minimum Gasteiger partial charge on any atom is -0.481 e. The molecule has 1 aliphatic rings. The molecule has 112 valence electrons. The highest BCUT2D eigenvalue weighted by atomic mass is 32.1. The van der Waals surface area contributed by atoms with E-state index < -0.39 is 0 Å². The zero-order valence-electron chi connectivity index (χ0n) is 12.8. The van der Waals surface area contributed by atoms with E-state index in [9.17, 15) is 0 Å². The van der Waals surface area contributed by atoms with E-state index in [-0.39, 0.29) is 5.41 Å². The zero-order chi connectivity index (χ0) is 15.0. The summed E-state index contributed by atoms with van der Waals surface area (Å²) in [4.78, 5) is 15.4. The van der Waals surface area contributed by atoms with E-state index in [2.05, 4.69) is 45.0 Å². The van der Waals surface area contributed by atoms with E-state index in [0.29, 0.717) is 5.88 Å². The van der Waals surface area contributed by atoms with Crippen molar-refractivity contribution in [2.75, 3.05) is 18.6 Å². The molecular weight excluding hydrogens is 286 g/mol. The van der Waals surface area contributed by atoms with Crippen molar-refractivity contribution in [1.29, 1.82) is 0 Å². The lowest BCUT2D eigenvalue weighted by Gasteiger charge is -2.27. The Kier molecular flexibility index (Phi) is 3.52. The first-order chi connectivity index (χ1) is 9.99. The fourth-order valence-electron chi connectivity index (χ4n) is 2.30. The van der Waals surface area contributed by atoms with Gasteiger partial charge >= 0.3 is 0 Å². The van der Waals surface area contributed by atoms with Crippen LogP contribution in [-0.2, 0) is 18.4 Å². The normalized spacial score (nSPS) is 15.0. The number of methoxy groups -OCH3 is 1. The topological polar surface area (TPSA) is 64.0 Å². The van der Waals surface area contributed by atoms with Gasteiger partial charge in [0.15, 0.2) is 0 Å². The van der Waals surface area contributed by atoms with Crippen LogP contribution < -0.4 is 9.64 Å². The summed E-state index contributed by atoms with van der Waals surface area (Å²) in [5.74, 6) is 1.55. The molecule has 0 unspecified atom stereocenters. The van der Waals surface area contributed by atoms with Crippen LogP contribution in [0.3, 0.4) is 0 Å². The maximum atomic E-state index is 5.35. The first kappa shape index (κ1) is 14.2. The van der Waals surface area contributed by atoms with Crippen LogP contribution in [0.2, 0.25) is 0 Å². The average molecular weight is 305 g/mol. The summed E-state index contributed by atoms with van der Waals surface area (Å²) in [5.41, 5.74) is 2.10. The molecule has 0 bridgehead atoms. The Hall–Kier alpha value is -1.76. The van der Waals surface area contributed by atoms with E-state index in [1.54, 1.807) is 13.4 Å². The van der Waals surface area contributed by atoms with Crippen LogP contribution in [0, 0.1) is 0 Å². The van der Waals surface area contributed by atoms with Crippen molar-refractivity contribution in [3.63, 3.8) is 0 Å². The fraction of sp³-hybridized carbons (Fsp3) is 0.571. The Bertz CT molecular complexity index is 635. The van der Waals surface area contributed by atoms with Crippen LogP contribution in [0.4, 0.5) is 5.13 Å². The molecule has 0 saturated carbocycles. The third-order valence-electron chi connectivity index (χ3n) is 3.51. The fourth-order valence-corrected chi connectivity index (χ4v) is 3.18. The van der Waals surface area contributed by atoms with Gasteiger partial charge in [0.25, 0.3) is 0 Å². The minimum absolute atomic E-state index is 0.0246. The molecule has 3 rings (SSSR count). The van der Waals surface area contributed by atoms with Crippen molar-refractivity contribution >= 4 is 16.7 Å². The van der Waals surface area contributed by atoms with Crippen LogP contribution >= 0.6 is 11.5 Å². The van der Waals surface area contributed by atoms with Gasteiger partial charge in [0, 0.05) is 29.9 Å². The lowest BCUT2D eigenvalue weighted by Crippen LogP contribution is -2.31. The molecule has 0 fully saturated rings. The zero-order valence-corrected chi connectivity index (χ0v) is 13.6. The van der Waals surface area contributed by atoms with Crippen LogP contribution in [0.25, 0.3) is 0 Å². The molecule has 1 aliphatic heterocycles. The molecular formula is C14H19N5OS. The maximum Gasteiger partial charge on any atom is 0.221 e. The summed E-state index contributed by atoms with van der Waals surface area (Å²) in [6, 6.07) is 0. The smallest absolute Gasteiger partial charge is 0.221 e. The van der Waals surface area contributed by atoms with Crippen molar-refractivity contribution in [2.24, 2.45) is 0 Å². The molecule has 0 radical (unpaired) electrons. The number of nitrogens with zero attached hydrogens (tertiary/aromatic N) is 5. The molecule has 0 saturated heterocycles. The average Bonchev–Trinajstić information content (AvgIpc) is 2.96. The summed E-state index contributed by atoms with van der Waals surface area (Å²) < 4.78 is 9.83. The minimum atomic E-state index is -0.0246. The van der Waals surface area contributed by atoms with E-state index >= 15 is 0 Å².